The van der Waals surface area contributed by atoms with Gasteiger partial charge in [-0.05, 0) is 23.3 Å². The Morgan fingerprint density at radius 2 is 1.81 bits per heavy atom. The van der Waals surface area contributed by atoms with E-state index in [2.05, 4.69) is 4.98 Å². The van der Waals surface area contributed by atoms with Gasteiger partial charge in [0.2, 0.25) is 5.91 Å². The molecule has 3 unspecified atom stereocenters. The van der Waals surface area contributed by atoms with Gasteiger partial charge in [-0.2, -0.15) is 13.2 Å². The molecular formula is C18H14F3N3O2. The first-order valence-electron chi connectivity index (χ1n) is 7.95. The Labute approximate surface area is 146 Å². The summed E-state index contributed by atoms with van der Waals surface area (Å²) in [7, 11) is 0. The molecule has 26 heavy (non-hydrogen) atoms. The first-order valence-corrected chi connectivity index (χ1v) is 7.95. The standard InChI is InChI=1S/C18H14F3N3O2/c19-18(20,21)12-9-24-7-6-11(8-13(24)22-12)15-14(16(15)17(25)23-26)10-4-2-1-3-5-10/h1-9,14-16,26H,(H,23,25). The Bertz CT molecular complexity index is 969. The largest absolute Gasteiger partial charge is 0.434 e. The molecule has 5 nitrogen and oxygen atoms in total. The van der Waals surface area contributed by atoms with Crippen molar-refractivity contribution in [2.24, 2.45) is 5.92 Å². The number of nitrogens with one attached hydrogen (secondary N) is 1. The number of halogens is 3. The zero-order valence-electron chi connectivity index (χ0n) is 13.3. The number of benzene rings is 1. The van der Waals surface area contributed by atoms with E-state index in [1.165, 1.54) is 10.6 Å². The van der Waals surface area contributed by atoms with Crippen molar-refractivity contribution in [2.45, 2.75) is 18.0 Å². The number of imidazole rings is 1. The average Bonchev–Trinajstić information content (AvgIpc) is 3.22. The second-order valence-corrected chi connectivity index (χ2v) is 6.31. The molecule has 0 bridgehead atoms. The van der Waals surface area contributed by atoms with Crippen LogP contribution in [-0.2, 0) is 11.0 Å². The van der Waals surface area contributed by atoms with Crippen LogP contribution in [0.3, 0.4) is 0 Å². The smallest absolute Gasteiger partial charge is 0.306 e. The summed E-state index contributed by atoms with van der Waals surface area (Å²) in [6.45, 7) is 0. The Hall–Kier alpha value is -2.87. The first kappa shape index (κ1) is 16.6. The third-order valence-corrected chi connectivity index (χ3v) is 4.78. The molecule has 8 heteroatoms. The van der Waals surface area contributed by atoms with Crippen LogP contribution < -0.4 is 5.48 Å². The zero-order chi connectivity index (χ0) is 18.5. The number of hydrogen-bond acceptors (Lipinski definition) is 3. The fourth-order valence-corrected chi connectivity index (χ4v) is 3.56. The lowest BCUT2D eigenvalue weighted by Crippen LogP contribution is -2.21. The number of pyridine rings is 1. The highest BCUT2D eigenvalue weighted by Gasteiger charge is 2.56. The van der Waals surface area contributed by atoms with Gasteiger partial charge in [0.1, 0.15) is 5.65 Å². The quantitative estimate of drug-likeness (QED) is 0.555. The lowest BCUT2D eigenvalue weighted by Gasteiger charge is -2.02. The third kappa shape index (κ3) is 2.72. The molecule has 1 saturated carbocycles. The molecule has 1 aliphatic rings. The SMILES string of the molecule is O=C(NO)C1C(c2ccccc2)C1c1ccn2cc(C(F)(F)F)nc2c1. The van der Waals surface area contributed by atoms with E-state index in [1.54, 1.807) is 17.6 Å². The molecule has 1 amide bonds. The maximum absolute atomic E-state index is 12.8. The number of carbonyl (C=O) groups excluding carboxylic acids is 1. The van der Waals surface area contributed by atoms with Crippen LogP contribution in [0, 0.1) is 5.92 Å². The minimum atomic E-state index is -4.52. The number of aromatic nitrogens is 2. The minimum absolute atomic E-state index is 0.150. The van der Waals surface area contributed by atoms with Gasteiger partial charge in [-0.25, -0.2) is 10.5 Å². The molecule has 0 saturated heterocycles. The highest BCUT2D eigenvalue weighted by Crippen LogP contribution is 2.60. The Kier molecular flexibility index (Phi) is 3.73. The molecule has 0 aliphatic heterocycles. The van der Waals surface area contributed by atoms with Gasteiger partial charge < -0.3 is 4.40 Å². The second-order valence-electron chi connectivity index (χ2n) is 6.31. The summed E-state index contributed by atoms with van der Waals surface area (Å²) >= 11 is 0. The fraction of sp³-hybridized carbons (Fsp3) is 0.222. The zero-order valence-corrected chi connectivity index (χ0v) is 13.3. The topological polar surface area (TPSA) is 66.6 Å². The molecule has 0 spiro atoms. The second kappa shape index (κ2) is 5.84. The van der Waals surface area contributed by atoms with E-state index < -0.39 is 23.7 Å². The lowest BCUT2D eigenvalue weighted by atomic mass is 10.1. The number of rotatable bonds is 3. The summed E-state index contributed by atoms with van der Waals surface area (Å²) in [6, 6.07) is 12.6. The van der Waals surface area contributed by atoms with Gasteiger partial charge in [-0.1, -0.05) is 30.3 Å². The Morgan fingerprint density at radius 1 is 1.12 bits per heavy atom. The van der Waals surface area contributed by atoms with Gasteiger partial charge in [-0.15, -0.1) is 0 Å². The number of hydrogen-bond donors (Lipinski definition) is 2. The van der Waals surface area contributed by atoms with E-state index in [0.717, 1.165) is 11.8 Å². The van der Waals surface area contributed by atoms with Crippen molar-refractivity contribution in [1.82, 2.24) is 14.9 Å². The van der Waals surface area contributed by atoms with Crippen molar-refractivity contribution in [2.75, 3.05) is 0 Å². The van der Waals surface area contributed by atoms with E-state index >= 15 is 0 Å². The monoisotopic (exact) mass is 361 g/mol. The van der Waals surface area contributed by atoms with Crippen molar-refractivity contribution in [3.63, 3.8) is 0 Å². The number of amides is 1. The normalized spacial score (nSPS) is 22.4. The summed E-state index contributed by atoms with van der Waals surface area (Å²) in [5.74, 6) is -1.38. The first-order chi connectivity index (χ1) is 12.4. The molecule has 3 aromatic rings. The molecule has 3 atom stereocenters. The average molecular weight is 361 g/mol. The molecule has 2 aromatic heterocycles. The third-order valence-electron chi connectivity index (χ3n) is 4.78. The summed E-state index contributed by atoms with van der Waals surface area (Å²) in [5.41, 5.74) is 2.52. The van der Waals surface area contributed by atoms with Crippen molar-refractivity contribution >= 4 is 11.6 Å². The van der Waals surface area contributed by atoms with Crippen molar-refractivity contribution < 1.29 is 23.2 Å². The van der Waals surface area contributed by atoms with E-state index in [0.29, 0.717) is 5.56 Å². The summed E-state index contributed by atoms with van der Waals surface area (Å²) < 4.78 is 39.8. The highest BCUT2D eigenvalue weighted by molar-refractivity contribution is 5.84. The van der Waals surface area contributed by atoms with Crippen LogP contribution in [0.25, 0.3) is 5.65 Å². The number of fused-ring (bicyclic) bond motifs is 1. The van der Waals surface area contributed by atoms with Crippen molar-refractivity contribution in [3.8, 4) is 0 Å². The van der Waals surface area contributed by atoms with Crippen LogP contribution in [0.4, 0.5) is 13.2 Å². The van der Waals surface area contributed by atoms with Crippen LogP contribution >= 0.6 is 0 Å². The van der Waals surface area contributed by atoms with Crippen molar-refractivity contribution in [3.05, 3.63) is 71.7 Å². The van der Waals surface area contributed by atoms with Crippen LogP contribution in [0.5, 0.6) is 0 Å². The van der Waals surface area contributed by atoms with Crippen LogP contribution in [0.2, 0.25) is 0 Å². The Morgan fingerprint density at radius 3 is 2.46 bits per heavy atom. The van der Waals surface area contributed by atoms with Gasteiger partial charge in [0.25, 0.3) is 0 Å². The van der Waals surface area contributed by atoms with Gasteiger partial charge in [0.05, 0.1) is 5.92 Å². The van der Waals surface area contributed by atoms with Crippen molar-refractivity contribution in [1.29, 1.82) is 0 Å². The molecule has 1 fully saturated rings. The van der Waals surface area contributed by atoms with E-state index in [4.69, 9.17) is 5.21 Å². The number of alkyl halides is 3. The molecule has 2 heterocycles. The minimum Gasteiger partial charge on any atom is -0.306 e. The number of nitrogens with zero attached hydrogens (tertiary/aromatic N) is 2. The van der Waals surface area contributed by atoms with E-state index in [-0.39, 0.29) is 17.5 Å². The number of carbonyl (C=O) groups is 1. The molecule has 2 N–H and O–H groups in total. The van der Waals surface area contributed by atoms with E-state index in [9.17, 15) is 18.0 Å². The summed E-state index contributed by atoms with van der Waals surface area (Å²) in [5, 5.41) is 9.00. The molecule has 4 rings (SSSR count). The maximum Gasteiger partial charge on any atom is 0.434 e. The maximum atomic E-state index is 12.8. The molecule has 1 aliphatic carbocycles. The fourth-order valence-electron chi connectivity index (χ4n) is 3.56. The van der Waals surface area contributed by atoms with Crippen LogP contribution in [0.1, 0.15) is 28.7 Å². The number of hydroxylamine groups is 1. The predicted molar refractivity (Wildman–Crippen MR) is 85.5 cm³/mol. The molecule has 134 valence electrons. The van der Waals surface area contributed by atoms with Gasteiger partial charge in [0, 0.05) is 24.2 Å². The van der Waals surface area contributed by atoms with Crippen LogP contribution in [0.15, 0.2) is 54.9 Å². The predicted octanol–water partition coefficient (Wildman–Crippen LogP) is 3.36. The summed E-state index contributed by atoms with van der Waals surface area (Å²) in [4.78, 5) is 15.6. The van der Waals surface area contributed by atoms with Gasteiger partial charge >= 0.3 is 6.18 Å². The van der Waals surface area contributed by atoms with Gasteiger partial charge in [-0.3, -0.25) is 10.0 Å². The molecule has 1 aromatic carbocycles. The van der Waals surface area contributed by atoms with E-state index in [1.807, 2.05) is 30.3 Å². The summed E-state index contributed by atoms with van der Waals surface area (Å²) in [6.07, 6.45) is -2.09. The lowest BCUT2D eigenvalue weighted by molar-refractivity contribution is -0.140. The highest BCUT2D eigenvalue weighted by atomic mass is 19.4. The van der Waals surface area contributed by atoms with Crippen LogP contribution in [-0.4, -0.2) is 20.5 Å². The van der Waals surface area contributed by atoms with Gasteiger partial charge in [0.15, 0.2) is 5.69 Å². The molecule has 0 radical (unpaired) electrons. The molecular weight excluding hydrogens is 347 g/mol. The Balaban J connectivity index is 1.72.